The molecule has 0 radical (unpaired) electrons. The second-order valence-corrected chi connectivity index (χ2v) is 4.52. The van der Waals surface area contributed by atoms with Crippen LogP contribution in [0.15, 0.2) is 0 Å². The average Bonchev–Trinajstić information content (AvgIpc) is 2.28. The van der Waals surface area contributed by atoms with E-state index in [1.165, 1.54) is 0 Å². The van der Waals surface area contributed by atoms with Crippen LogP contribution in [-0.4, -0.2) is 38.5 Å². The summed E-state index contributed by atoms with van der Waals surface area (Å²) < 4.78 is 11.0. The van der Waals surface area contributed by atoms with E-state index in [9.17, 15) is 0 Å². The van der Waals surface area contributed by atoms with Crippen molar-refractivity contribution in [2.45, 2.75) is 45.7 Å². The molecule has 0 rings (SSSR count). The van der Waals surface area contributed by atoms with Crippen LogP contribution in [0.4, 0.5) is 0 Å². The highest BCUT2D eigenvalue weighted by Gasteiger charge is 2.06. The third-order valence-corrected chi connectivity index (χ3v) is 2.52. The summed E-state index contributed by atoms with van der Waals surface area (Å²) >= 11 is 0. The van der Waals surface area contributed by atoms with Gasteiger partial charge < -0.3 is 20.9 Å². The molecule has 0 spiro atoms. The van der Waals surface area contributed by atoms with Gasteiger partial charge in [-0.05, 0) is 12.8 Å². The van der Waals surface area contributed by atoms with E-state index in [0.29, 0.717) is 32.3 Å². The molecule has 0 aliphatic carbocycles. The van der Waals surface area contributed by atoms with Crippen LogP contribution in [0.2, 0.25) is 0 Å². The molecular formula is C12H28N2O2. The summed E-state index contributed by atoms with van der Waals surface area (Å²) in [5, 5.41) is 0. The third-order valence-electron chi connectivity index (χ3n) is 2.52. The van der Waals surface area contributed by atoms with E-state index in [2.05, 4.69) is 20.8 Å². The van der Waals surface area contributed by atoms with Gasteiger partial charge >= 0.3 is 0 Å². The number of nitrogens with two attached hydrogens (primary N) is 2. The van der Waals surface area contributed by atoms with Crippen molar-refractivity contribution in [1.82, 2.24) is 0 Å². The Morgan fingerprint density at radius 3 is 1.50 bits per heavy atom. The van der Waals surface area contributed by atoms with E-state index in [0.717, 1.165) is 12.8 Å². The smallest absolute Gasteiger partial charge is 0.0617 e. The summed E-state index contributed by atoms with van der Waals surface area (Å²) in [6.07, 6.45) is 1.91. The standard InChI is InChI=1S/C12H28N2O2/c1-4-11(13)8-15-6-10(3)7-16-9-12(14)5-2/h10-12H,4-9,13-14H2,1-3H3. The van der Waals surface area contributed by atoms with E-state index in [1.54, 1.807) is 0 Å². The second-order valence-electron chi connectivity index (χ2n) is 4.52. The van der Waals surface area contributed by atoms with Gasteiger partial charge in [0, 0.05) is 18.0 Å². The van der Waals surface area contributed by atoms with E-state index >= 15 is 0 Å². The summed E-state index contributed by atoms with van der Waals surface area (Å²) in [5.74, 6) is 0.396. The zero-order valence-corrected chi connectivity index (χ0v) is 10.9. The van der Waals surface area contributed by atoms with E-state index in [1.807, 2.05) is 0 Å². The molecule has 4 heteroatoms. The highest BCUT2D eigenvalue weighted by molar-refractivity contribution is 4.58. The van der Waals surface area contributed by atoms with Gasteiger partial charge in [0.15, 0.2) is 0 Å². The highest BCUT2D eigenvalue weighted by atomic mass is 16.5. The van der Waals surface area contributed by atoms with Gasteiger partial charge in [-0.2, -0.15) is 0 Å². The van der Waals surface area contributed by atoms with Crippen LogP contribution < -0.4 is 11.5 Å². The van der Waals surface area contributed by atoms with Crippen molar-refractivity contribution < 1.29 is 9.47 Å². The predicted octanol–water partition coefficient (Wildman–Crippen LogP) is 1.13. The van der Waals surface area contributed by atoms with Crippen molar-refractivity contribution >= 4 is 0 Å². The predicted molar refractivity (Wildman–Crippen MR) is 67.3 cm³/mol. The first-order chi connectivity index (χ1) is 7.60. The molecule has 0 aromatic carbocycles. The minimum absolute atomic E-state index is 0.154. The largest absolute Gasteiger partial charge is 0.379 e. The molecule has 16 heavy (non-hydrogen) atoms. The van der Waals surface area contributed by atoms with Crippen LogP contribution in [-0.2, 0) is 9.47 Å². The fourth-order valence-electron chi connectivity index (χ4n) is 1.13. The number of rotatable bonds is 10. The molecular weight excluding hydrogens is 204 g/mol. The van der Waals surface area contributed by atoms with Crippen LogP contribution in [0.3, 0.4) is 0 Å². The van der Waals surface area contributed by atoms with Crippen molar-refractivity contribution in [3.63, 3.8) is 0 Å². The van der Waals surface area contributed by atoms with E-state index in [-0.39, 0.29) is 12.1 Å². The van der Waals surface area contributed by atoms with Crippen molar-refractivity contribution in [2.24, 2.45) is 17.4 Å². The molecule has 0 aliphatic rings. The summed E-state index contributed by atoms with van der Waals surface area (Å²) in [6.45, 7) is 8.91. The Hall–Kier alpha value is -0.160. The third kappa shape index (κ3) is 9.09. The second kappa shape index (κ2) is 10.0. The molecule has 0 fully saturated rings. The van der Waals surface area contributed by atoms with Crippen LogP contribution in [0, 0.1) is 5.92 Å². The molecule has 0 bridgehead atoms. The molecule has 4 nitrogen and oxygen atoms in total. The van der Waals surface area contributed by atoms with Crippen molar-refractivity contribution in [3.8, 4) is 0 Å². The molecule has 0 aromatic rings. The Labute approximate surface area is 99.7 Å². The lowest BCUT2D eigenvalue weighted by Gasteiger charge is -2.16. The van der Waals surface area contributed by atoms with E-state index < -0.39 is 0 Å². The Kier molecular flexibility index (Phi) is 9.92. The van der Waals surface area contributed by atoms with Gasteiger partial charge in [-0.1, -0.05) is 20.8 Å². The van der Waals surface area contributed by atoms with Gasteiger partial charge in [-0.3, -0.25) is 0 Å². The lowest BCUT2D eigenvalue weighted by atomic mass is 10.2. The Balaban J connectivity index is 3.34. The van der Waals surface area contributed by atoms with Crippen LogP contribution >= 0.6 is 0 Å². The fraction of sp³-hybridized carbons (Fsp3) is 1.00. The van der Waals surface area contributed by atoms with Crippen LogP contribution in [0.5, 0.6) is 0 Å². The molecule has 2 atom stereocenters. The molecule has 2 unspecified atom stereocenters. The van der Waals surface area contributed by atoms with Crippen molar-refractivity contribution in [2.75, 3.05) is 26.4 Å². The summed E-state index contributed by atoms with van der Waals surface area (Å²) in [5.41, 5.74) is 11.5. The molecule has 98 valence electrons. The molecule has 0 saturated heterocycles. The Morgan fingerprint density at radius 2 is 1.19 bits per heavy atom. The maximum Gasteiger partial charge on any atom is 0.0617 e. The van der Waals surface area contributed by atoms with Gasteiger partial charge in [0.1, 0.15) is 0 Å². The van der Waals surface area contributed by atoms with Crippen LogP contribution in [0.1, 0.15) is 33.6 Å². The summed E-state index contributed by atoms with van der Waals surface area (Å²) in [7, 11) is 0. The van der Waals surface area contributed by atoms with Gasteiger partial charge in [0.05, 0.1) is 26.4 Å². The first kappa shape index (κ1) is 15.8. The quantitative estimate of drug-likeness (QED) is 0.592. The van der Waals surface area contributed by atoms with Gasteiger partial charge in [-0.25, -0.2) is 0 Å². The SMILES string of the molecule is CCC(N)COCC(C)COCC(N)CC. The number of hydrogen-bond acceptors (Lipinski definition) is 4. The summed E-state index contributed by atoms with van der Waals surface area (Å²) in [6, 6.07) is 0.309. The molecule has 0 aliphatic heterocycles. The maximum atomic E-state index is 5.74. The first-order valence-electron chi connectivity index (χ1n) is 6.26. The van der Waals surface area contributed by atoms with Crippen molar-refractivity contribution in [3.05, 3.63) is 0 Å². The van der Waals surface area contributed by atoms with Gasteiger partial charge in [0.2, 0.25) is 0 Å². The molecule has 0 aromatic heterocycles. The minimum atomic E-state index is 0.154. The van der Waals surface area contributed by atoms with Gasteiger partial charge in [0.25, 0.3) is 0 Å². The monoisotopic (exact) mass is 232 g/mol. The zero-order valence-electron chi connectivity index (χ0n) is 10.9. The minimum Gasteiger partial charge on any atom is -0.379 e. The van der Waals surface area contributed by atoms with Crippen LogP contribution in [0.25, 0.3) is 0 Å². The fourth-order valence-corrected chi connectivity index (χ4v) is 1.13. The molecule has 0 heterocycles. The van der Waals surface area contributed by atoms with Crippen molar-refractivity contribution in [1.29, 1.82) is 0 Å². The zero-order chi connectivity index (χ0) is 12.4. The Morgan fingerprint density at radius 1 is 0.812 bits per heavy atom. The molecule has 0 amide bonds. The maximum absolute atomic E-state index is 5.74. The van der Waals surface area contributed by atoms with Gasteiger partial charge in [-0.15, -0.1) is 0 Å². The normalized spacial score (nSPS) is 17.1. The first-order valence-corrected chi connectivity index (χ1v) is 6.26. The highest BCUT2D eigenvalue weighted by Crippen LogP contribution is 1.99. The van der Waals surface area contributed by atoms with E-state index in [4.69, 9.17) is 20.9 Å². The summed E-state index contributed by atoms with van der Waals surface area (Å²) in [4.78, 5) is 0. The average molecular weight is 232 g/mol. The number of ether oxygens (including phenoxy) is 2. The number of hydrogen-bond donors (Lipinski definition) is 2. The topological polar surface area (TPSA) is 70.5 Å². The lowest BCUT2D eigenvalue weighted by Crippen LogP contribution is -2.28. The Bertz CT molecular complexity index is 140. The lowest BCUT2D eigenvalue weighted by molar-refractivity contribution is 0.0367. The molecule has 4 N–H and O–H groups in total. The molecule has 0 saturated carbocycles.